The number of aliphatic hydroxyl groups is 1. The zero-order valence-corrected chi connectivity index (χ0v) is 10.2. The number of benzene rings is 1. The first kappa shape index (κ1) is 11.6. The minimum atomic E-state index is -0.0268. The summed E-state index contributed by atoms with van der Waals surface area (Å²) in [6.07, 6.45) is 2.14. The van der Waals surface area contributed by atoms with E-state index in [4.69, 9.17) is 0 Å². The van der Waals surface area contributed by atoms with Crippen molar-refractivity contribution in [1.29, 1.82) is 0 Å². The number of rotatable bonds is 3. The van der Waals surface area contributed by atoms with Crippen molar-refractivity contribution < 1.29 is 5.11 Å². The number of likely N-dealkylation sites (tertiary alicyclic amines) is 1. The van der Waals surface area contributed by atoms with Gasteiger partial charge in [-0.15, -0.1) is 0 Å². The Morgan fingerprint density at radius 1 is 1.31 bits per heavy atom. The molecule has 0 saturated carbocycles. The molecule has 0 aliphatic carbocycles. The van der Waals surface area contributed by atoms with Crippen LogP contribution in [0.2, 0.25) is 0 Å². The van der Waals surface area contributed by atoms with Gasteiger partial charge < -0.3 is 10.0 Å². The van der Waals surface area contributed by atoms with Crippen molar-refractivity contribution in [1.82, 2.24) is 4.90 Å². The Bertz CT molecular complexity index is 346. The third kappa shape index (κ3) is 2.00. The van der Waals surface area contributed by atoms with Crippen LogP contribution in [0.4, 0.5) is 0 Å². The Kier molecular flexibility index (Phi) is 3.31. The first-order valence-electron chi connectivity index (χ1n) is 6.09. The van der Waals surface area contributed by atoms with Gasteiger partial charge in [0.25, 0.3) is 0 Å². The second kappa shape index (κ2) is 4.56. The van der Waals surface area contributed by atoms with Gasteiger partial charge in [0.15, 0.2) is 0 Å². The van der Waals surface area contributed by atoms with Crippen molar-refractivity contribution in [3.63, 3.8) is 0 Å². The standard InChI is InChI=1S/C14H21NO/c1-3-12-4-6-13(7-5-12)14(11-16)8-9-15(2)10-14/h4-7,16H,3,8-11H2,1-2H3. The third-order valence-electron chi connectivity index (χ3n) is 3.82. The maximum Gasteiger partial charge on any atom is 0.0540 e. The van der Waals surface area contributed by atoms with E-state index in [-0.39, 0.29) is 12.0 Å². The monoisotopic (exact) mass is 219 g/mol. The second-order valence-corrected chi connectivity index (χ2v) is 4.98. The molecule has 1 aliphatic rings. The lowest BCUT2D eigenvalue weighted by Crippen LogP contribution is -2.33. The average molecular weight is 219 g/mol. The van der Waals surface area contributed by atoms with Crippen LogP contribution in [0.1, 0.15) is 24.5 Å². The summed E-state index contributed by atoms with van der Waals surface area (Å²) in [5.74, 6) is 0. The summed E-state index contributed by atoms with van der Waals surface area (Å²) in [5, 5.41) is 9.69. The van der Waals surface area contributed by atoms with E-state index in [0.29, 0.717) is 0 Å². The maximum atomic E-state index is 9.69. The van der Waals surface area contributed by atoms with E-state index in [2.05, 4.69) is 43.1 Å². The van der Waals surface area contributed by atoms with Crippen molar-refractivity contribution in [2.75, 3.05) is 26.7 Å². The van der Waals surface area contributed by atoms with Crippen LogP contribution in [0.5, 0.6) is 0 Å². The van der Waals surface area contributed by atoms with Gasteiger partial charge in [0.2, 0.25) is 0 Å². The van der Waals surface area contributed by atoms with Gasteiger partial charge in [-0.25, -0.2) is 0 Å². The fraction of sp³-hybridized carbons (Fsp3) is 0.571. The van der Waals surface area contributed by atoms with Crippen LogP contribution in [-0.2, 0) is 11.8 Å². The minimum absolute atomic E-state index is 0.0268. The van der Waals surface area contributed by atoms with Crippen LogP contribution in [0.15, 0.2) is 24.3 Å². The van der Waals surface area contributed by atoms with Gasteiger partial charge in [0.05, 0.1) is 6.61 Å². The highest BCUT2D eigenvalue weighted by atomic mass is 16.3. The lowest BCUT2D eigenvalue weighted by atomic mass is 9.80. The molecule has 0 bridgehead atoms. The smallest absolute Gasteiger partial charge is 0.0540 e. The molecule has 16 heavy (non-hydrogen) atoms. The van der Waals surface area contributed by atoms with Crippen LogP contribution >= 0.6 is 0 Å². The molecule has 0 spiro atoms. The van der Waals surface area contributed by atoms with Crippen LogP contribution in [0, 0.1) is 0 Å². The number of nitrogens with zero attached hydrogens (tertiary/aromatic N) is 1. The number of likely N-dealkylation sites (N-methyl/N-ethyl adjacent to an activating group) is 1. The highest BCUT2D eigenvalue weighted by molar-refractivity contribution is 5.31. The highest BCUT2D eigenvalue weighted by Gasteiger charge is 2.37. The van der Waals surface area contributed by atoms with Crippen LogP contribution in [0.3, 0.4) is 0 Å². The van der Waals surface area contributed by atoms with E-state index in [1.807, 2.05) is 0 Å². The molecule has 1 aromatic rings. The van der Waals surface area contributed by atoms with E-state index in [0.717, 1.165) is 25.9 Å². The Morgan fingerprint density at radius 3 is 2.44 bits per heavy atom. The molecule has 2 heteroatoms. The summed E-state index contributed by atoms with van der Waals surface area (Å²) < 4.78 is 0. The van der Waals surface area contributed by atoms with E-state index in [1.165, 1.54) is 11.1 Å². The number of aryl methyl sites for hydroxylation is 1. The van der Waals surface area contributed by atoms with Gasteiger partial charge in [-0.05, 0) is 37.6 Å². The molecule has 1 atom stereocenters. The molecule has 2 nitrogen and oxygen atoms in total. The van der Waals surface area contributed by atoms with Crippen molar-refractivity contribution in [2.24, 2.45) is 0 Å². The predicted molar refractivity (Wildman–Crippen MR) is 66.7 cm³/mol. The van der Waals surface area contributed by atoms with Gasteiger partial charge in [-0.1, -0.05) is 31.2 Å². The summed E-state index contributed by atoms with van der Waals surface area (Å²) in [6.45, 7) is 4.47. The Labute approximate surface area is 97.9 Å². The molecule has 1 aromatic carbocycles. The molecular formula is C14H21NO. The van der Waals surface area contributed by atoms with E-state index >= 15 is 0 Å². The predicted octanol–water partition coefficient (Wildman–Crippen LogP) is 1.81. The first-order valence-corrected chi connectivity index (χ1v) is 6.09. The molecule has 1 unspecified atom stereocenters. The topological polar surface area (TPSA) is 23.5 Å². The zero-order valence-electron chi connectivity index (χ0n) is 10.2. The zero-order chi connectivity index (χ0) is 11.6. The summed E-state index contributed by atoms with van der Waals surface area (Å²) in [7, 11) is 2.12. The third-order valence-corrected chi connectivity index (χ3v) is 3.82. The molecule has 1 N–H and O–H groups in total. The number of hydrogen-bond acceptors (Lipinski definition) is 2. The fourth-order valence-corrected chi connectivity index (χ4v) is 2.63. The molecule has 1 saturated heterocycles. The van der Waals surface area contributed by atoms with Crippen molar-refractivity contribution >= 4 is 0 Å². The first-order chi connectivity index (χ1) is 7.70. The van der Waals surface area contributed by atoms with E-state index in [9.17, 15) is 5.11 Å². The molecule has 1 fully saturated rings. The van der Waals surface area contributed by atoms with Crippen LogP contribution in [-0.4, -0.2) is 36.8 Å². The largest absolute Gasteiger partial charge is 0.395 e. The van der Waals surface area contributed by atoms with Crippen LogP contribution in [0.25, 0.3) is 0 Å². The Hall–Kier alpha value is -0.860. The van der Waals surface area contributed by atoms with Gasteiger partial charge in [-0.2, -0.15) is 0 Å². The van der Waals surface area contributed by atoms with Crippen molar-refractivity contribution in [2.45, 2.75) is 25.2 Å². The Balaban J connectivity index is 2.26. The summed E-state index contributed by atoms with van der Waals surface area (Å²) >= 11 is 0. The molecule has 0 amide bonds. The van der Waals surface area contributed by atoms with Gasteiger partial charge in [0.1, 0.15) is 0 Å². The highest BCUT2D eigenvalue weighted by Crippen LogP contribution is 2.33. The minimum Gasteiger partial charge on any atom is -0.395 e. The lowest BCUT2D eigenvalue weighted by Gasteiger charge is -2.27. The van der Waals surface area contributed by atoms with Crippen molar-refractivity contribution in [3.8, 4) is 0 Å². The average Bonchev–Trinajstić information content (AvgIpc) is 2.72. The SMILES string of the molecule is CCc1ccc(C2(CO)CCN(C)C2)cc1. The summed E-state index contributed by atoms with van der Waals surface area (Å²) in [6, 6.07) is 8.75. The van der Waals surface area contributed by atoms with Gasteiger partial charge in [0, 0.05) is 12.0 Å². The summed E-state index contributed by atoms with van der Waals surface area (Å²) in [5.41, 5.74) is 2.63. The quantitative estimate of drug-likeness (QED) is 0.838. The normalized spacial score (nSPS) is 26.2. The number of hydrogen-bond donors (Lipinski definition) is 1. The molecule has 88 valence electrons. The van der Waals surface area contributed by atoms with Crippen LogP contribution < -0.4 is 0 Å². The maximum absolute atomic E-state index is 9.69. The molecule has 1 aliphatic heterocycles. The van der Waals surface area contributed by atoms with E-state index < -0.39 is 0 Å². The molecule has 1 heterocycles. The molecule has 2 rings (SSSR count). The van der Waals surface area contributed by atoms with Gasteiger partial charge in [-0.3, -0.25) is 0 Å². The Morgan fingerprint density at radius 2 is 2.00 bits per heavy atom. The molecule has 0 radical (unpaired) electrons. The summed E-state index contributed by atoms with van der Waals surface area (Å²) in [4.78, 5) is 2.30. The molecule has 0 aromatic heterocycles. The number of aliphatic hydroxyl groups excluding tert-OH is 1. The second-order valence-electron chi connectivity index (χ2n) is 4.98. The molecular weight excluding hydrogens is 198 g/mol. The van der Waals surface area contributed by atoms with Gasteiger partial charge >= 0.3 is 0 Å². The fourth-order valence-electron chi connectivity index (χ4n) is 2.63. The van der Waals surface area contributed by atoms with Crippen molar-refractivity contribution in [3.05, 3.63) is 35.4 Å². The lowest BCUT2D eigenvalue weighted by molar-refractivity contribution is 0.195. The van der Waals surface area contributed by atoms with E-state index in [1.54, 1.807) is 0 Å².